The highest BCUT2D eigenvalue weighted by Crippen LogP contribution is 2.15. The van der Waals surface area contributed by atoms with Crippen molar-refractivity contribution in [2.75, 3.05) is 13.7 Å². The average Bonchev–Trinajstić information content (AvgIpc) is 3.28. The average molecular weight is 364 g/mol. The van der Waals surface area contributed by atoms with Crippen LogP contribution in [0.15, 0.2) is 14.0 Å². The summed E-state index contributed by atoms with van der Waals surface area (Å²) in [7, 11) is 1.71. The normalized spacial score (nSPS) is 13.0. The molecule has 2 rings (SSSR count). The fourth-order valence-electron chi connectivity index (χ4n) is 2.52. The second-order valence-electron chi connectivity index (χ2n) is 5.66. The molecule has 0 saturated carbocycles. The molecule has 0 fully saturated rings. The minimum atomic E-state index is -0.191. The van der Waals surface area contributed by atoms with Crippen LogP contribution in [0.2, 0.25) is 0 Å². The molecule has 0 aliphatic rings. The summed E-state index contributed by atoms with van der Waals surface area (Å²) in [6.07, 6.45) is 1.44. The van der Waals surface area contributed by atoms with Gasteiger partial charge in [0.05, 0.1) is 12.2 Å². The van der Waals surface area contributed by atoms with Gasteiger partial charge in [0.2, 0.25) is 5.89 Å². The molecule has 0 aliphatic heterocycles. The first-order valence-electron chi connectivity index (χ1n) is 8.97. The number of rotatable bonds is 9. The molecule has 9 nitrogen and oxygen atoms in total. The smallest absolute Gasteiger partial charge is 0.246 e. The van der Waals surface area contributed by atoms with E-state index in [9.17, 15) is 0 Å². The molecule has 2 heterocycles. The minimum absolute atomic E-state index is 0.191. The zero-order valence-electron chi connectivity index (χ0n) is 16.1. The summed E-state index contributed by atoms with van der Waals surface area (Å²) >= 11 is 0. The second kappa shape index (κ2) is 9.91. The summed E-state index contributed by atoms with van der Waals surface area (Å²) in [6, 6.07) is 0. The molecule has 144 valence electrons. The summed E-state index contributed by atoms with van der Waals surface area (Å²) in [6.45, 7) is 9.49. The zero-order valence-corrected chi connectivity index (χ0v) is 16.1. The number of guanidine groups is 1. The van der Waals surface area contributed by atoms with E-state index in [-0.39, 0.29) is 6.10 Å². The molecule has 2 N–H and O–H groups in total. The predicted molar refractivity (Wildman–Crippen MR) is 96.6 cm³/mol. The third-order valence-corrected chi connectivity index (χ3v) is 3.93. The Morgan fingerprint density at radius 3 is 2.54 bits per heavy atom. The fourth-order valence-corrected chi connectivity index (χ4v) is 2.52. The summed E-state index contributed by atoms with van der Waals surface area (Å²) in [5.74, 6) is 2.54. The van der Waals surface area contributed by atoms with Crippen LogP contribution in [0.25, 0.3) is 0 Å². The maximum Gasteiger partial charge on any atom is 0.246 e. The lowest BCUT2D eigenvalue weighted by molar-refractivity contribution is 0.0683. The maximum absolute atomic E-state index is 5.46. The molecule has 1 unspecified atom stereocenters. The van der Waals surface area contributed by atoms with Crippen molar-refractivity contribution >= 4 is 5.96 Å². The van der Waals surface area contributed by atoms with Gasteiger partial charge in [0.15, 0.2) is 11.8 Å². The van der Waals surface area contributed by atoms with E-state index in [2.05, 4.69) is 37.8 Å². The Labute approximate surface area is 153 Å². The van der Waals surface area contributed by atoms with Gasteiger partial charge in [0, 0.05) is 32.2 Å². The van der Waals surface area contributed by atoms with Crippen LogP contribution in [-0.2, 0) is 30.7 Å². The lowest BCUT2D eigenvalue weighted by atomic mass is 10.1. The Bertz CT molecular complexity index is 688. The lowest BCUT2D eigenvalue weighted by Gasteiger charge is -2.10. The van der Waals surface area contributed by atoms with Gasteiger partial charge in [0.1, 0.15) is 11.9 Å². The first-order chi connectivity index (χ1) is 12.6. The number of aryl methyl sites for hydroxylation is 2. The molecule has 9 heteroatoms. The highest BCUT2D eigenvalue weighted by Gasteiger charge is 2.15. The Morgan fingerprint density at radius 1 is 1.12 bits per heavy atom. The minimum Gasteiger partial charge on any atom is -0.371 e. The van der Waals surface area contributed by atoms with E-state index < -0.39 is 0 Å². The number of ether oxygens (including phenoxy) is 1. The van der Waals surface area contributed by atoms with Crippen molar-refractivity contribution in [2.45, 2.75) is 59.7 Å². The van der Waals surface area contributed by atoms with Gasteiger partial charge in [-0.05, 0) is 20.3 Å². The number of aliphatic imine (C=N–C) groups is 1. The summed E-state index contributed by atoms with van der Waals surface area (Å²) in [5, 5.41) is 14.5. The van der Waals surface area contributed by atoms with Crippen molar-refractivity contribution in [2.24, 2.45) is 4.99 Å². The van der Waals surface area contributed by atoms with Crippen LogP contribution < -0.4 is 10.6 Å². The lowest BCUT2D eigenvalue weighted by Crippen LogP contribution is -2.36. The van der Waals surface area contributed by atoms with Gasteiger partial charge < -0.3 is 24.4 Å². The van der Waals surface area contributed by atoms with Gasteiger partial charge in [-0.3, -0.25) is 4.99 Å². The van der Waals surface area contributed by atoms with Crippen LogP contribution in [0.4, 0.5) is 0 Å². The van der Waals surface area contributed by atoms with Gasteiger partial charge in [-0.2, -0.15) is 4.98 Å². The maximum atomic E-state index is 5.46. The largest absolute Gasteiger partial charge is 0.371 e. The van der Waals surface area contributed by atoms with Crippen LogP contribution in [0, 0.1) is 0 Å². The van der Waals surface area contributed by atoms with Crippen molar-refractivity contribution in [3.63, 3.8) is 0 Å². The van der Waals surface area contributed by atoms with E-state index in [1.54, 1.807) is 7.05 Å². The molecule has 0 bridgehead atoms. The SMILES string of the molecule is CCOC(C)c1noc(CNC(=NC)NCc2c(CC)noc2CC)n1. The van der Waals surface area contributed by atoms with Crippen LogP contribution in [0.3, 0.4) is 0 Å². The van der Waals surface area contributed by atoms with E-state index in [0.717, 1.165) is 29.9 Å². The van der Waals surface area contributed by atoms with Gasteiger partial charge in [-0.1, -0.05) is 24.2 Å². The molecule has 0 aromatic carbocycles. The van der Waals surface area contributed by atoms with Crippen molar-refractivity contribution in [1.82, 2.24) is 25.9 Å². The Morgan fingerprint density at radius 2 is 1.88 bits per heavy atom. The van der Waals surface area contributed by atoms with E-state index in [1.165, 1.54) is 0 Å². The number of aromatic nitrogens is 3. The summed E-state index contributed by atoms with van der Waals surface area (Å²) in [4.78, 5) is 8.54. The van der Waals surface area contributed by atoms with Crippen molar-refractivity contribution in [3.05, 3.63) is 28.7 Å². The quantitative estimate of drug-likeness (QED) is 0.514. The first kappa shape index (κ1) is 19.9. The molecule has 0 saturated heterocycles. The Hall–Kier alpha value is -2.42. The van der Waals surface area contributed by atoms with Crippen LogP contribution in [0.5, 0.6) is 0 Å². The van der Waals surface area contributed by atoms with Crippen LogP contribution in [0.1, 0.15) is 62.5 Å². The standard InChI is InChI=1S/C17H28N6O3/c1-6-13-12(14(7-2)25-22-13)9-19-17(18-5)20-10-15-21-16(23-26-15)11(4)24-8-3/h11H,6-10H2,1-5H3,(H2,18,19,20). The first-order valence-corrected chi connectivity index (χ1v) is 8.97. The molecule has 0 amide bonds. The molecular weight excluding hydrogens is 336 g/mol. The summed E-state index contributed by atoms with van der Waals surface area (Å²) in [5.41, 5.74) is 2.06. The monoisotopic (exact) mass is 364 g/mol. The van der Waals surface area contributed by atoms with Gasteiger partial charge in [0.25, 0.3) is 0 Å². The van der Waals surface area contributed by atoms with Gasteiger partial charge in [-0.25, -0.2) is 0 Å². The topological polar surface area (TPSA) is 111 Å². The van der Waals surface area contributed by atoms with E-state index in [4.69, 9.17) is 13.8 Å². The Balaban J connectivity index is 1.90. The third kappa shape index (κ3) is 5.04. The number of nitrogens with zero attached hydrogens (tertiary/aromatic N) is 4. The predicted octanol–water partition coefficient (Wildman–Crippen LogP) is 2.15. The highest BCUT2D eigenvalue weighted by molar-refractivity contribution is 5.79. The van der Waals surface area contributed by atoms with E-state index in [1.807, 2.05) is 20.8 Å². The van der Waals surface area contributed by atoms with Crippen molar-refractivity contribution in [3.8, 4) is 0 Å². The zero-order chi connectivity index (χ0) is 18.9. The second-order valence-corrected chi connectivity index (χ2v) is 5.66. The number of nitrogens with one attached hydrogen (secondary N) is 2. The fraction of sp³-hybridized carbons (Fsp3) is 0.647. The van der Waals surface area contributed by atoms with Crippen molar-refractivity contribution < 1.29 is 13.8 Å². The third-order valence-electron chi connectivity index (χ3n) is 3.93. The van der Waals surface area contributed by atoms with Crippen molar-refractivity contribution in [1.29, 1.82) is 0 Å². The van der Waals surface area contributed by atoms with E-state index in [0.29, 0.717) is 37.4 Å². The van der Waals surface area contributed by atoms with Crippen LogP contribution >= 0.6 is 0 Å². The highest BCUT2D eigenvalue weighted by atomic mass is 16.5. The Kier molecular flexibility index (Phi) is 7.58. The molecule has 0 aliphatic carbocycles. The molecular formula is C17H28N6O3. The number of hydrogen-bond acceptors (Lipinski definition) is 7. The number of hydrogen-bond donors (Lipinski definition) is 2. The molecule has 2 aromatic heterocycles. The molecule has 2 aromatic rings. The van der Waals surface area contributed by atoms with Gasteiger partial charge >= 0.3 is 0 Å². The molecule has 0 spiro atoms. The molecule has 26 heavy (non-hydrogen) atoms. The van der Waals surface area contributed by atoms with Crippen LogP contribution in [-0.4, -0.2) is 34.9 Å². The van der Waals surface area contributed by atoms with Gasteiger partial charge in [-0.15, -0.1) is 0 Å². The van der Waals surface area contributed by atoms with E-state index >= 15 is 0 Å². The summed E-state index contributed by atoms with van der Waals surface area (Å²) < 4.78 is 16.1. The molecule has 0 radical (unpaired) electrons. The molecule has 1 atom stereocenters.